The number of carbonyl (C=O) groups excluding carboxylic acids is 1. The summed E-state index contributed by atoms with van der Waals surface area (Å²) in [5.41, 5.74) is 2.04. The van der Waals surface area contributed by atoms with Crippen LogP contribution in [0.1, 0.15) is 43.6 Å². The highest BCUT2D eigenvalue weighted by atomic mass is 16.1. The van der Waals surface area contributed by atoms with Crippen molar-refractivity contribution in [3.05, 3.63) is 35.4 Å². The van der Waals surface area contributed by atoms with Crippen LogP contribution in [-0.4, -0.2) is 5.78 Å². The van der Waals surface area contributed by atoms with Gasteiger partial charge in [-0.3, -0.25) is 4.79 Å². The van der Waals surface area contributed by atoms with Crippen LogP contribution in [0, 0.1) is 18.3 Å². The molecule has 0 amide bonds. The summed E-state index contributed by atoms with van der Waals surface area (Å²) in [4.78, 5) is 12.1. The number of hydrogen-bond acceptors (Lipinski definition) is 1. The maximum Gasteiger partial charge on any atom is 0.166 e. The first-order valence-corrected chi connectivity index (χ1v) is 5.43. The van der Waals surface area contributed by atoms with Gasteiger partial charge >= 0.3 is 0 Å². The molecule has 0 aliphatic carbocycles. The van der Waals surface area contributed by atoms with E-state index in [1.54, 1.807) is 0 Å². The van der Waals surface area contributed by atoms with Crippen LogP contribution in [0.2, 0.25) is 0 Å². The predicted octanol–water partition coefficient (Wildman–Crippen LogP) is 3.86. The number of carbonyl (C=O) groups is 1. The van der Waals surface area contributed by atoms with E-state index in [4.69, 9.17) is 0 Å². The lowest BCUT2D eigenvalue weighted by atomic mass is 9.78. The summed E-state index contributed by atoms with van der Waals surface area (Å²) in [5, 5.41) is 0. The Kier molecular flexibility index (Phi) is 3.33. The van der Waals surface area contributed by atoms with Crippen molar-refractivity contribution in [2.75, 3.05) is 0 Å². The minimum absolute atomic E-state index is 0.0297. The molecule has 82 valence electrons. The van der Waals surface area contributed by atoms with Crippen LogP contribution in [0.25, 0.3) is 0 Å². The molecule has 0 spiro atoms. The maximum atomic E-state index is 12.1. The average molecular weight is 204 g/mol. The molecule has 0 bridgehead atoms. The van der Waals surface area contributed by atoms with E-state index in [1.165, 1.54) is 5.56 Å². The van der Waals surface area contributed by atoms with Crippen molar-refractivity contribution in [3.8, 4) is 0 Å². The topological polar surface area (TPSA) is 17.1 Å². The van der Waals surface area contributed by atoms with E-state index >= 15 is 0 Å². The van der Waals surface area contributed by atoms with E-state index in [0.717, 1.165) is 5.56 Å². The van der Waals surface area contributed by atoms with Gasteiger partial charge in [-0.25, -0.2) is 0 Å². The Labute approximate surface area is 92.5 Å². The summed E-state index contributed by atoms with van der Waals surface area (Å²) in [6.07, 6.45) is 0. The molecule has 0 radical (unpaired) electrons. The molecule has 0 saturated heterocycles. The van der Waals surface area contributed by atoms with Crippen molar-refractivity contribution in [2.45, 2.75) is 34.6 Å². The largest absolute Gasteiger partial charge is 0.294 e. The van der Waals surface area contributed by atoms with Gasteiger partial charge in [0.1, 0.15) is 0 Å². The SMILES string of the molecule is Cc1ccc(C(=O)C(C)C(C)(C)C)cc1. The molecule has 1 unspecified atom stereocenters. The number of ketones is 1. The zero-order chi connectivity index (χ0) is 11.6. The average Bonchev–Trinajstić information content (AvgIpc) is 2.15. The summed E-state index contributed by atoms with van der Waals surface area (Å²) >= 11 is 0. The van der Waals surface area contributed by atoms with Gasteiger partial charge in [-0.2, -0.15) is 0 Å². The molecule has 1 atom stereocenters. The molecule has 0 aliphatic heterocycles. The zero-order valence-corrected chi connectivity index (χ0v) is 10.3. The highest BCUT2D eigenvalue weighted by molar-refractivity contribution is 5.98. The molecule has 1 rings (SSSR count). The summed E-state index contributed by atoms with van der Waals surface area (Å²) in [5.74, 6) is 0.294. The molecule has 0 aromatic heterocycles. The van der Waals surface area contributed by atoms with Crippen molar-refractivity contribution < 1.29 is 4.79 Å². The quantitative estimate of drug-likeness (QED) is 0.668. The van der Waals surface area contributed by atoms with Crippen LogP contribution in [0.15, 0.2) is 24.3 Å². The highest BCUT2D eigenvalue weighted by Gasteiger charge is 2.27. The van der Waals surface area contributed by atoms with E-state index in [9.17, 15) is 4.79 Å². The normalized spacial score (nSPS) is 13.7. The molecule has 1 aromatic carbocycles. The fourth-order valence-electron chi connectivity index (χ4n) is 1.36. The van der Waals surface area contributed by atoms with Gasteiger partial charge in [0.25, 0.3) is 0 Å². The second kappa shape index (κ2) is 4.18. The van der Waals surface area contributed by atoms with E-state index in [0.29, 0.717) is 0 Å². The van der Waals surface area contributed by atoms with E-state index < -0.39 is 0 Å². The van der Waals surface area contributed by atoms with Crippen molar-refractivity contribution in [3.63, 3.8) is 0 Å². The van der Waals surface area contributed by atoms with Gasteiger partial charge in [0.2, 0.25) is 0 Å². The smallest absolute Gasteiger partial charge is 0.166 e. The number of benzene rings is 1. The highest BCUT2D eigenvalue weighted by Crippen LogP contribution is 2.28. The fourth-order valence-corrected chi connectivity index (χ4v) is 1.36. The lowest BCUT2D eigenvalue weighted by Crippen LogP contribution is -2.25. The Morgan fingerprint density at radius 2 is 1.60 bits per heavy atom. The molecule has 1 heteroatoms. The molecule has 15 heavy (non-hydrogen) atoms. The summed E-state index contributed by atoms with van der Waals surface area (Å²) < 4.78 is 0. The second-order valence-corrected chi connectivity index (χ2v) is 5.32. The summed E-state index contributed by atoms with van der Waals surface area (Å²) in [7, 11) is 0. The lowest BCUT2D eigenvalue weighted by molar-refractivity contribution is 0.0839. The van der Waals surface area contributed by atoms with Gasteiger partial charge in [-0.1, -0.05) is 57.5 Å². The van der Waals surface area contributed by atoms with Gasteiger partial charge < -0.3 is 0 Å². The minimum Gasteiger partial charge on any atom is -0.294 e. The van der Waals surface area contributed by atoms with Gasteiger partial charge in [0.15, 0.2) is 5.78 Å². The molecule has 1 nitrogen and oxygen atoms in total. The van der Waals surface area contributed by atoms with Crippen LogP contribution >= 0.6 is 0 Å². The van der Waals surface area contributed by atoms with Crippen LogP contribution in [0.4, 0.5) is 0 Å². The Bertz CT molecular complexity index is 341. The van der Waals surface area contributed by atoms with Crippen LogP contribution in [0.5, 0.6) is 0 Å². The van der Waals surface area contributed by atoms with Crippen LogP contribution in [-0.2, 0) is 0 Å². The third kappa shape index (κ3) is 2.92. The third-order valence-corrected chi connectivity index (χ3v) is 3.03. The Hall–Kier alpha value is -1.11. The standard InChI is InChI=1S/C14H20O/c1-10-6-8-12(9-7-10)13(15)11(2)14(3,4)5/h6-9,11H,1-5H3. The Morgan fingerprint density at radius 3 is 2.00 bits per heavy atom. The number of hydrogen-bond donors (Lipinski definition) is 0. The lowest BCUT2D eigenvalue weighted by Gasteiger charge is -2.25. The first-order chi connectivity index (χ1) is 6.82. The van der Waals surface area contributed by atoms with Gasteiger partial charge in [0.05, 0.1) is 0 Å². The monoisotopic (exact) mass is 204 g/mol. The summed E-state index contributed by atoms with van der Waals surface area (Å²) in [6.45, 7) is 10.3. The number of aryl methyl sites for hydroxylation is 1. The van der Waals surface area contributed by atoms with Gasteiger partial charge in [-0.05, 0) is 12.3 Å². The summed E-state index contributed by atoms with van der Waals surface area (Å²) in [6, 6.07) is 7.81. The van der Waals surface area contributed by atoms with Crippen LogP contribution in [0.3, 0.4) is 0 Å². The Morgan fingerprint density at radius 1 is 1.13 bits per heavy atom. The van der Waals surface area contributed by atoms with Gasteiger partial charge in [-0.15, -0.1) is 0 Å². The molecule has 0 aliphatic rings. The van der Waals surface area contributed by atoms with E-state index in [1.807, 2.05) is 38.1 Å². The van der Waals surface area contributed by atoms with E-state index in [-0.39, 0.29) is 17.1 Å². The molecule has 0 fully saturated rings. The molecular formula is C14H20O. The van der Waals surface area contributed by atoms with Crippen molar-refractivity contribution in [1.82, 2.24) is 0 Å². The zero-order valence-electron chi connectivity index (χ0n) is 10.3. The molecular weight excluding hydrogens is 184 g/mol. The second-order valence-electron chi connectivity index (χ2n) is 5.32. The van der Waals surface area contributed by atoms with Crippen molar-refractivity contribution >= 4 is 5.78 Å². The number of Topliss-reactive ketones (excluding diaryl/α,β-unsaturated/α-hetero) is 1. The van der Waals surface area contributed by atoms with E-state index in [2.05, 4.69) is 20.8 Å². The fraction of sp³-hybridized carbons (Fsp3) is 0.500. The third-order valence-electron chi connectivity index (χ3n) is 3.03. The van der Waals surface area contributed by atoms with Crippen molar-refractivity contribution in [1.29, 1.82) is 0 Å². The van der Waals surface area contributed by atoms with Gasteiger partial charge in [0, 0.05) is 11.5 Å². The minimum atomic E-state index is 0.0297. The van der Waals surface area contributed by atoms with Crippen LogP contribution < -0.4 is 0 Å². The molecule has 0 saturated carbocycles. The first kappa shape index (κ1) is 12.0. The van der Waals surface area contributed by atoms with Crippen molar-refractivity contribution in [2.24, 2.45) is 11.3 Å². The first-order valence-electron chi connectivity index (χ1n) is 5.43. The Balaban J connectivity index is 2.90. The molecule has 1 aromatic rings. The maximum absolute atomic E-state index is 12.1. The number of rotatable bonds is 2. The predicted molar refractivity (Wildman–Crippen MR) is 64.1 cm³/mol. The molecule has 0 heterocycles. The molecule has 0 N–H and O–H groups in total.